The van der Waals surface area contributed by atoms with Gasteiger partial charge in [0.15, 0.2) is 0 Å². The summed E-state index contributed by atoms with van der Waals surface area (Å²) in [5.74, 6) is -0.122. The molecule has 3 rings (SSSR count). The highest BCUT2D eigenvalue weighted by atomic mass is 35.5. The van der Waals surface area contributed by atoms with Crippen LogP contribution in [0, 0.1) is 0 Å². The predicted molar refractivity (Wildman–Crippen MR) is 96.7 cm³/mol. The summed E-state index contributed by atoms with van der Waals surface area (Å²) in [6.07, 6.45) is 2.09. The molecule has 1 atom stereocenters. The van der Waals surface area contributed by atoms with E-state index in [1.807, 2.05) is 12.1 Å². The van der Waals surface area contributed by atoms with E-state index in [1.54, 1.807) is 18.2 Å². The summed E-state index contributed by atoms with van der Waals surface area (Å²) in [5.41, 5.74) is 2.89. The van der Waals surface area contributed by atoms with Crippen LogP contribution in [-0.2, 0) is 11.2 Å². The number of halogens is 2. The van der Waals surface area contributed by atoms with E-state index in [4.69, 9.17) is 23.2 Å². The normalized spacial score (nSPS) is 16.8. The second-order valence-corrected chi connectivity index (χ2v) is 6.60. The summed E-state index contributed by atoms with van der Waals surface area (Å²) < 4.78 is 0. The van der Waals surface area contributed by atoms with Gasteiger partial charge in [0, 0.05) is 11.7 Å². The van der Waals surface area contributed by atoms with Gasteiger partial charge in [-0.05, 0) is 43.5 Å². The van der Waals surface area contributed by atoms with Crippen LogP contribution in [0.4, 0.5) is 11.4 Å². The number of anilines is 2. The van der Waals surface area contributed by atoms with Crippen molar-refractivity contribution in [3.05, 3.63) is 58.1 Å². The maximum Gasteiger partial charge on any atom is 0.243 e. The molecule has 0 saturated carbocycles. The molecule has 5 heteroatoms. The highest BCUT2D eigenvalue weighted by Crippen LogP contribution is 2.32. The zero-order valence-corrected chi connectivity index (χ0v) is 14.4. The van der Waals surface area contributed by atoms with Gasteiger partial charge in [0.25, 0.3) is 0 Å². The summed E-state index contributed by atoms with van der Waals surface area (Å²) in [5, 5.41) is 3.72. The lowest BCUT2D eigenvalue weighted by molar-refractivity contribution is -0.115. The van der Waals surface area contributed by atoms with E-state index in [0.29, 0.717) is 21.8 Å². The maximum absolute atomic E-state index is 12.5. The molecule has 0 saturated heterocycles. The number of nitrogens with zero attached hydrogens (tertiary/aromatic N) is 1. The van der Waals surface area contributed by atoms with Crippen molar-refractivity contribution in [1.82, 2.24) is 0 Å². The molecule has 1 aliphatic heterocycles. The zero-order valence-electron chi connectivity index (χ0n) is 12.9. The molecule has 1 heterocycles. The van der Waals surface area contributed by atoms with Crippen molar-refractivity contribution in [3.8, 4) is 0 Å². The van der Waals surface area contributed by atoms with E-state index in [9.17, 15) is 4.79 Å². The first-order valence-electron chi connectivity index (χ1n) is 7.64. The minimum atomic E-state index is -0.122. The molecule has 1 amide bonds. The van der Waals surface area contributed by atoms with Crippen molar-refractivity contribution >= 4 is 40.5 Å². The van der Waals surface area contributed by atoms with Crippen LogP contribution in [0.3, 0.4) is 0 Å². The van der Waals surface area contributed by atoms with Gasteiger partial charge in [-0.3, -0.25) is 4.79 Å². The molecule has 23 heavy (non-hydrogen) atoms. The number of carbonyl (C=O) groups excluding carboxylic acids is 1. The first-order chi connectivity index (χ1) is 11.1. The Bertz CT molecular complexity index is 712. The van der Waals surface area contributed by atoms with Gasteiger partial charge in [-0.1, -0.05) is 47.5 Å². The molecule has 1 N–H and O–H groups in total. The van der Waals surface area contributed by atoms with Gasteiger partial charge in [0.1, 0.15) is 0 Å². The third kappa shape index (κ3) is 3.46. The SMILES string of the molecule is C[C@H]1CCc2ccccc2N1CC(=O)Nc1c(Cl)cccc1Cl. The Morgan fingerprint density at radius 2 is 1.87 bits per heavy atom. The molecule has 0 fully saturated rings. The second-order valence-electron chi connectivity index (χ2n) is 5.79. The second kappa shape index (κ2) is 6.81. The van der Waals surface area contributed by atoms with Gasteiger partial charge in [0.05, 0.1) is 22.3 Å². The Morgan fingerprint density at radius 1 is 1.17 bits per heavy atom. The minimum Gasteiger partial charge on any atom is -0.359 e. The fourth-order valence-corrected chi connectivity index (χ4v) is 3.44. The molecule has 0 bridgehead atoms. The number of aryl methyl sites for hydroxylation is 1. The van der Waals surface area contributed by atoms with Crippen LogP contribution in [0.5, 0.6) is 0 Å². The van der Waals surface area contributed by atoms with Gasteiger partial charge in [-0.15, -0.1) is 0 Å². The number of hydrogen-bond donors (Lipinski definition) is 1. The Morgan fingerprint density at radius 3 is 2.61 bits per heavy atom. The molecule has 3 nitrogen and oxygen atoms in total. The Labute approximate surface area is 146 Å². The summed E-state index contributed by atoms with van der Waals surface area (Å²) in [6.45, 7) is 2.42. The van der Waals surface area contributed by atoms with Crippen molar-refractivity contribution in [3.63, 3.8) is 0 Å². The predicted octanol–water partition coefficient (Wildman–Crippen LogP) is 4.77. The Balaban J connectivity index is 1.78. The third-order valence-electron chi connectivity index (χ3n) is 4.21. The van der Waals surface area contributed by atoms with Crippen molar-refractivity contribution < 1.29 is 4.79 Å². The zero-order chi connectivity index (χ0) is 16.4. The monoisotopic (exact) mass is 348 g/mol. The van der Waals surface area contributed by atoms with E-state index in [1.165, 1.54) is 5.56 Å². The number of benzene rings is 2. The average molecular weight is 349 g/mol. The number of nitrogens with one attached hydrogen (secondary N) is 1. The standard InChI is InChI=1S/C18H18Cl2N2O/c1-12-9-10-13-5-2-3-8-16(13)22(12)11-17(23)21-18-14(19)6-4-7-15(18)20/h2-8,12H,9-11H2,1H3,(H,21,23)/t12-/m0/s1. The lowest BCUT2D eigenvalue weighted by Gasteiger charge is -2.36. The van der Waals surface area contributed by atoms with E-state index in [0.717, 1.165) is 18.5 Å². The summed E-state index contributed by atoms with van der Waals surface area (Å²) >= 11 is 12.2. The average Bonchev–Trinajstić information content (AvgIpc) is 2.54. The molecule has 2 aromatic rings. The molecular formula is C18H18Cl2N2O. The topological polar surface area (TPSA) is 32.3 Å². The molecule has 2 aromatic carbocycles. The van der Waals surface area contributed by atoms with Crippen LogP contribution in [-0.4, -0.2) is 18.5 Å². The van der Waals surface area contributed by atoms with Crippen LogP contribution in [0.1, 0.15) is 18.9 Å². The molecule has 0 aromatic heterocycles. The number of para-hydroxylation sites is 2. The van der Waals surface area contributed by atoms with Crippen LogP contribution in [0.25, 0.3) is 0 Å². The van der Waals surface area contributed by atoms with Crippen LogP contribution in [0.2, 0.25) is 10.0 Å². The molecule has 0 aliphatic carbocycles. The fourth-order valence-electron chi connectivity index (χ4n) is 2.95. The van der Waals surface area contributed by atoms with Gasteiger partial charge in [-0.25, -0.2) is 0 Å². The quantitative estimate of drug-likeness (QED) is 0.865. The third-order valence-corrected chi connectivity index (χ3v) is 4.84. The van der Waals surface area contributed by atoms with Crippen molar-refractivity contribution in [2.24, 2.45) is 0 Å². The van der Waals surface area contributed by atoms with Crippen molar-refractivity contribution in [1.29, 1.82) is 0 Å². The lowest BCUT2D eigenvalue weighted by Crippen LogP contribution is -2.42. The lowest BCUT2D eigenvalue weighted by atomic mass is 9.96. The highest BCUT2D eigenvalue weighted by Gasteiger charge is 2.24. The Kier molecular flexibility index (Phi) is 4.79. The van der Waals surface area contributed by atoms with Gasteiger partial charge < -0.3 is 10.2 Å². The number of amides is 1. The minimum absolute atomic E-state index is 0.122. The smallest absolute Gasteiger partial charge is 0.243 e. The summed E-state index contributed by atoms with van der Waals surface area (Å²) in [7, 11) is 0. The molecule has 0 spiro atoms. The summed E-state index contributed by atoms with van der Waals surface area (Å²) in [6, 6.07) is 13.7. The van der Waals surface area contributed by atoms with Gasteiger partial charge in [-0.2, -0.15) is 0 Å². The number of carbonyl (C=O) groups is 1. The largest absolute Gasteiger partial charge is 0.359 e. The van der Waals surface area contributed by atoms with E-state index in [2.05, 4.69) is 29.3 Å². The van der Waals surface area contributed by atoms with Crippen LogP contribution >= 0.6 is 23.2 Å². The van der Waals surface area contributed by atoms with Crippen molar-refractivity contribution in [2.45, 2.75) is 25.8 Å². The van der Waals surface area contributed by atoms with Crippen molar-refractivity contribution in [2.75, 3.05) is 16.8 Å². The molecule has 1 aliphatic rings. The fraction of sp³-hybridized carbons (Fsp3) is 0.278. The van der Waals surface area contributed by atoms with Gasteiger partial charge >= 0.3 is 0 Å². The van der Waals surface area contributed by atoms with E-state index < -0.39 is 0 Å². The highest BCUT2D eigenvalue weighted by molar-refractivity contribution is 6.39. The van der Waals surface area contributed by atoms with E-state index in [-0.39, 0.29) is 12.5 Å². The number of hydrogen-bond acceptors (Lipinski definition) is 2. The van der Waals surface area contributed by atoms with Crippen LogP contribution in [0.15, 0.2) is 42.5 Å². The molecule has 0 radical (unpaired) electrons. The first-order valence-corrected chi connectivity index (χ1v) is 8.40. The molecule has 0 unspecified atom stereocenters. The maximum atomic E-state index is 12.5. The summed E-state index contributed by atoms with van der Waals surface area (Å²) in [4.78, 5) is 14.6. The molecule has 120 valence electrons. The Hall–Kier alpha value is -1.71. The number of rotatable bonds is 3. The first kappa shape index (κ1) is 16.2. The van der Waals surface area contributed by atoms with Crippen LogP contribution < -0.4 is 10.2 Å². The van der Waals surface area contributed by atoms with Gasteiger partial charge in [0.2, 0.25) is 5.91 Å². The molecular weight excluding hydrogens is 331 g/mol. The number of fused-ring (bicyclic) bond motifs is 1. The van der Waals surface area contributed by atoms with E-state index >= 15 is 0 Å².